The molecule has 0 unspecified atom stereocenters. The second-order valence-electron chi connectivity index (χ2n) is 16.3. The van der Waals surface area contributed by atoms with Crippen LogP contribution in [0.2, 0.25) is 18.1 Å². The van der Waals surface area contributed by atoms with E-state index in [-0.39, 0.29) is 11.1 Å². The Hall–Kier alpha value is -1.62. The lowest BCUT2D eigenvalue weighted by atomic mass is 9.61. The Bertz CT molecular complexity index is 1180. The van der Waals surface area contributed by atoms with E-state index in [1.807, 2.05) is 38.1 Å². The molecule has 0 amide bonds. The number of hydrogen-bond donors (Lipinski definition) is 1. The third-order valence-corrected chi connectivity index (χ3v) is 16.1. The highest BCUT2D eigenvalue weighted by Crippen LogP contribution is 2.59. The number of allylic oxidation sites excluding steroid dienone is 3. The van der Waals surface area contributed by atoms with Crippen molar-refractivity contribution in [3.63, 3.8) is 0 Å². The van der Waals surface area contributed by atoms with Crippen LogP contribution in [0.5, 0.6) is 5.75 Å². The summed E-state index contributed by atoms with van der Waals surface area (Å²) in [5.74, 6) is 3.15. The predicted octanol–water partition coefficient (Wildman–Crippen LogP) is 10.4. The summed E-state index contributed by atoms with van der Waals surface area (Å²) < 4.78 is 13.2. The summed E-state index contributed by atoms with van der Waals surface area (Å²) in [4.78, 5) is 0. The van der Waals surface area contributed by atoms with Gasteiger partial charge in [-0.3, -0.25) is 0 Å². The zero-order valence-electron chi connectivity index (χ0n) is 28.5. The van der Waals surface area contributed by atoms with Gasteiger partial charge in [0.1, 0.15) is 5.75 Å². The fraction of sp³-hybridized carbons (Fsp3) is 0.684. The summed E-state index contributed by atoms with van der Waals surface area (Å²) >= 11 is 0. The Labute approximate surface area is 259 Å². The summed E-state index contributed by atoms with van der Waals surface area (Å²) in [7, 11) is -1.86. The van der Waals surface area contributed by atoms with Crippen LogP contribution in [0.4, 0.5) is 0 Å². The zero-order chi connectivity index (χ0) is 31.1. The molecular weight excluding hydrogens is 533 g/mol. The Kier molecular flexibility index (Phi) is 9.83. The van der Waals surface area contributed by atoms with Crippen LogP contribution in [0.3, 0.4) is 0 Å². The fourth-order valence-corrected chi connectivity index (χ4v) is 9.13. The SMILES string of the molecule is C=C1[C@H](C)C/C(=C/C=C2\CCC[C@]3(C)[C@@H]([C@@H](C)COc4cccc(C(C)(C)O)c4)CC[C@@H]23)C[C@H]1O[Si](C)(C)C(C)(C)C. The molecule has 0 aliphatic heterocycles. The molecule has 3 nitrogen and oxygen atoms in total. The number of aliphatic hydroxyl groups is 1. The lowest BCUT2D eigenvalue weighted by molar-refractivity contribution is 0.0727. The molecule has 3 aliphatic rings. The number of benzene rings is 1. The Morgan fingerprint density at radius 1 is 1.12 bits per heavy atom. The van der Waals surface area contributed by atoms with E-state index >= 15 is 0 Å². The minimum absolute atomic E-state index is 0.150. The van der Waals surface area contributed by atoms with E-state index in [1.54, 1.807) is 5.57 Å². The number of hydrogen-bond acceptors (Lipinski definition) is 3. The van der Waals surface area contributed by atoms with Crippen molar-refractivity contribution in [3.05, 3.63) is 65.3 Å². The van der Waals surface area contributed by atoms with Crippen LogP contribution in [-0.4, -0.2) is 26.1 Å². The van der Waals surface area contributed by atoms with E-state index in [2.05, 4.69) is 73.4 Å². The maximum atomic E-state index is 10.4. The Balaban J connectivity index is 1.44. The number of rotatable bonds is 8. The zero-order valence-corrected chi connectivity index (χ0v) is 29.5. The minimum atomic E-state index is -1.86. The van der Waals surface area contributed by atoms with E-state index in [4.69, 9.17) is 9.16 Å². The minimum Gasteiger partial charge on any atom is -0.493 e. The molecule has 1 aromatic rings. The third kappa shape index (κ3) is 7.19. The summed E-state index contributed by atoms with van der Waals surface area (Å²) in [5, 5.41) is 10.6. The van der Waals surface area contributed by atoms with Gasteiger partial charge in [-0.1, -0.05) is 83.6 Å². The molecule has 4 rings (SSSR count). The van der Waals surface area contributed by atoms with Crippen LogP contribution in [0.1, 0.15) is 106 Å². The monoisotopic (exact) mass is 592 g/mol. The van der Waals surface area contributed by atoms with Crippen molar-refractivity contribution >= 4 is 8.32 Å². The van der Waals surface area contributed by atoms with Crippen LogP contribution < -0.4 is 4.74 Å². The van der Waals surface area contributed by atoms with E-state index in [0.717, 1.165) is 30.8 Å². The fourth-order valence-electron chi connectivity index (χ4n) is 7.83. The smallest absolute Gasteiger partial charge is 0.192 e. The highest BCUT2D eigenvalue weighted by atomic mass is 28.4. The molecule has 42 heavy (non-hydrogen) atoms. The van der Waals surface area contributed by atoms with Crippen molar-refractivity contribution in [2.45, 2.75) is 130 Å². The first-order chi connectivity index (χ1) is 19.4. The maximum absolute atomic E-state index is 10.4. The number of fused-ring (bicyclic) bond motifs is 1. The standard InChI is InChI=1S/C38H60O3Si/c1-26-22-29(23-35(28(26)3)41-42(10,11)36(4,5)6)17-18-30-14-13-21-38(9)33(19-20-34(30)38)27(2)25-40-32-16-12-15-31(24-32)37(7,8)39/h12,15-18,24,26-27,33-35,39H,3,13-14,19-23,25H2,1-2,4-11H3/b29-17-,30-18+/t26-,27+,33-,34+,35-,38-/m1/s1. The van der Waals surface area contributed by atoms with Crippen molar-refractivity contribution in [3.8, 4) is 5.75 Å². The van der Waals surface area contributed by atoms with Crippen molar-refractivity contribution in [1.29, 1.82) is 0 Å². The third-order valence-electron chi connectivity index (χ3n) is 11.6. The summed E-state index contributed by atoms with van der Waals surface area (Å²) in [6.07, 6.45) is 13.6. The molecule has 3 saturated carbocycles. The first-order valence-electron chi connectivity index (χ1n) is 16.6. The molecule has 234 valence electrons. The average molecular weight is 593 g/mol. The van der Waals surface area contributed by atoms with Crippen molar-refractivity contribution < 1.29 is 14.3 Å². The quantitative estimate of drug-likeness (QED) is 0.241. The molecule has 0 heterocycles. The topological polar surface area (TPSA) is 38.7 Å². The van der Waals surface area contributed by atoms with Crippen molar-refractivity contribution in [1.82, 2.24) is 0 Å². The van der Waals surface area contributed by atoms with Gasteiger partial charge in [-0.05, 0) is 129 Å². The van der Waals surface area contributed by atoms with Gasteiger partial charge in [0.05, 0.1) is 18.3 Å². The second kappa shape index (κ2) is 12.4. The maximum Gasteiger partial charge on any atom is 0.192 e. The van der Waals surface area contributed by atoms with Crippen LogP contribution in [0.15, 0.2) is 59.7 Å². The van der Waals surface area contributed by atoms with Crippen LogP contribution in [0, 0.1) is 29.1 Å². The van der Waals surface area contributed by atoms with E-state index in [9.17, 15) is 5.11 Å². The number of ether oxygens (including phenoxy) is 1. The molecular formula is C38H60O3Si. The lowest BCUT2D eigenvalue weighted by Gasteiger charge is -2.44. The van der Waals surface area contributed by atoms with Crippen LogP contribution >= 0.6 is 0 Å². The first kappa shape index (κ1) is 33.3. The van der Waals surface area contributed by atoms with Gasteiger partial charge in [0, 0.05) is 0 Å². The molecule has 0 radical (unpaired) electrons. The molecule has 3 fully saturated rings. The predicted molar refractivity (Wildman–Crippen MR) is 180 cm³/mol. The molecule has 4 heteroatoms. The Morgan fingerprint density at radius 2 is 1.83 bits per heavy atom. The molecule has 3 aliphatic carbocycles. The summed E-state index contributed by atoms with van der Waals surface area (Å²) in [5.41, 5.74) is 4.86. The van der Waals surface area contributed by atoms with Gasteiger partial charge in [0.15, 0.2) is 8.32 Å². The van der Waals surface area contributed by atoms with Crippen LogP contribution in [0.25, 0.3) is 0 Å². The van der Waals surface area contributed by atoms with Gasteiger partial charge in [-0.25, -0.2) is 0 Å². The molecule has 1 aromatic carbocycles. The van der Waals surface area contributed by atoms with E-state index in [0.29, 0.717) is 29.1 Å². The molecule has 0 saturated heterocycles. The van der Waals surface area contributed by atoms with Gasteiger partial charge in [-0.2, -0.15) is 0 Å². The molecule has 1 N–H and O–H groups in total. The van der Waals surface area contributed by atoms with Crippen molar-refractivity contribution in [2.24, 2.45) is 29.1 Å². The summed E-state index contributed by atoms with van der Waals surface area (Å²) in [6.45, 7) is 27.8. The summed E-state index contributed by atoms with van der Waals surface area (Å²) in [6, 6.07) is 7.96. The van der Waals surface area contributed by atoms with Crippen molar-refractivity contribution in [2.75, 3.05) is 6.61 Å². The molecule has 6 atom stereocenters. The van der Waals surface area contributed by atoms with E-state index in [1.165, 1.54) is 43.3 Å². The lowest BCUT2D eigenvalue weighted by Crippen LogP contribution is -2.45. The highest BCUT2D eigenvalue weighted by Gasteiger charge is 2.50. The van der Waals surface area contributed by atoms with E-state index < -0.39 is 13.9 Å². The van der Waals surface area contributed by atoms with Gasteiger partial charge in [0.2, 0.25) is 0 Å². The highest BCUT2D eigenvalue weighted by molar-refractivity contribution is 6.74. The molecule has 0 bridgehead atoms. The Morgan fingerprint density at radius 3 is 2.50 bits per heavy atom. The van der Waals surface area contributed by atoms with Gasteiger partial charge in [-0.15, -0.1) is 0 Å². The largest absolute Gasteiger partial charge is 0.493 e. The van der Waals surface area contributed by atoms with Crippen LogP contribution in [-0.2, 0) is 10.0 Å². The second-order valence-corrected chi connectivity index (χ2v) is 21.0. The van der Waals surface area contributed by atoms with Gasteiger partial charge < -0.3 is 14.3 Å². The average Bonchev–Trinajstić information content (AvgIpc) is 3.25. The first-order valence-corrected chi connectivity index (χ1v) is 19.5. The molecule has 0 spiro atoms. The van der Waals surface area contributed by atoms with Gasteiger partial charge >= 0.3 is 0 Å². The normalized spacial score (nSPS) is 31.8. The molecule has 0 aromatic heterocycles. The van der Waals surface area contributed by atoms with Gasteiger partial charge in [0.25, 0.3) is 0 Å².